The van der Waals surface area contributed by atoms with Gasteiger partial charge in [0.25, 0.3) is 5.91 Å². The Morgan fingerprint density at radius 2 is 2.00 bits per heavy atom. The Kier molecular flexibility index (Phi) is 7.69. The minimum Gasteiger partial charge on any atom is -0.496 e. The number of aldehydes is 1. The largest absolute Gasteiger partial charge is 0.496 e. The molecule has 0 unspecified atom stereocenters. The van der Waals surface area contributed by atoms with E-state index in [1.165, 1.54) is 13.2 Å². The molecule has 200 valence electrons. The maximum atomic E-state index is 13.5. The highest BCUT2D eigenvalue weighted by Crippen LogP contribution is 2.26. The molecule has 2 saturated heterocycles. The molecule has 2 fully saturated rings. The molecule has 4 rings (SSSR count). The number of aromatic nitrogens is 1. The number of ether oxygens (including phenoxy) is 1. The SMILES string of the molecule is COc1cc(C(=O)NN2CCC(=O)N3CCC[C@@H](C(=O)N[C@H](C=O)CC(=O)O)N3C2=O)nc2ccccc12. The summed E-state index contributed by atoms with van der Waals surface area (Å²) in [6.45, 7) is 0.0112. The third-order valence-electron chi connectivity index (χ3n) is 6.22. The van der Waals surface area contributed by atoms with Crippen molar-refractivity contribution in [3.8, 4) is 5.75 Å². The molecule has 2 atom stereocenters. The average Bonchev–Trinajstić information content (AvgIpc) is 3.03. The summed E-state index contributed by atoms with van der Waals surface area (Å²) in [5.74, 6) is -2.84. The molecule has 2 aliphatic heterocycles. The number of methoxy groups -OCH3 is 1. The Morgan fingerprint density at radius 3 is 2.71 bits per heavy atom. The number of carboxylic acid groups (broad SMARTS) is 1. The van der Waals surface area contributed by atoms with Gasteiger partial charge < -0.3 is 20.0 Å². The molecule has 2 aliphatic rings. The molecule has 14 nitrogen and oxygen atoms in total. The van der Waals surface area contributed by atoms with Crippen molar-refractivity contribution in [2.45, 2.75) is 37.8 Å². The van der Waals surface area contributed by atoms with Crippen molar-refractivity contribution in [2.24, 2.45) is 0 Å². The van der Waals surface area contributed by atoms with Gasteiger partial charge in [0, 0.05) is 24.4 Å². The molecule has 38 heavy (non-hydrogen) atoms. The first-order chi connectivity index (χ1) is 18.2. The highest BCUT2D eigenvalue weighted by atomic mass is 16.5. The maximum Gasteiger partial charge on any atom is 0.358 e. The first-order valence-corrected chi connectivity index (χ1v) is 11.9. The molecule has 0 saturated carbocycles. The fourth-order valence-electron chi connectivity index (χ4n) is 4.42. The van der Waals surface area contributed by atoms with Crippen molar-refractivity contribution < 1.29 is 38.6 Å². The van der Waals surface area contributed by atoms with Gasteiger partial charge in [0.1, 0.15) is 23.8 Å². The zero-order valence-corrected chi connectivity index (χ0v) is 20.5. The monoisotopic (exact) mass is 526 g/mol. The lowest BCUT2D eigenvalue weighted by molar-refractivity contribution is -0.155. The van der Waals surface area contributed by atoms with Gasteiger partial charge >= 0.3 is 12.0 Å². The molecule has 0 aliphatic carbocycles. The van der Waals surface area contributed by atoms with Crippen molar-refractivity contribution in [1.82, 2.24) is 30.8 Å². The van der Waals surface area contributed by atoms with Gasteiger partial charge in [-0.3, -0.25) is 24.6 Å². The number of hydrogen-bond donors (Lipinski definition) is 3. The number of para-hydroxylation sites is 1. The van der Waals surface area contributed by atoms with Gasteiger partial charge in [-0.05, 0) is 25.0 Å². The van der Waals surface area contributed by atoms with Gasteiger partial charge in [-0.1, -0.05) is 12.1 Å². The summed E-state index contributed by atoms with van der Waals surface area (Å²) in [7, 11) is 1.45. The topological polar surface area (TPSA) is 179 Å². The number of carbonyl (C=O) groups is 6. The molecule has 2 aromatic rings. The summed E-state index contributed by atoms with van der Waals surface area (Å²) in [5.41, 5.74) is 2.94. The summed E-state index contributed by atoms with van der Waals surface area (Å²) >= 11 is 0. The Labute approximate surface area is 216 Å². The average molecular weight is 527 g/mol. The minimum atomic E-state index is -1.31. The van der Waals surface area contributed by atoms with Crippen LogP contribution in [0.1, 0.15) is 36.2 Å². The molecule has 1 aromatic heterocycles. The number of pyridine rings is 1. The number of benzene rings is 1. The second-order valence-electron chi connectivity index (χ2n) is 8.72. The molecular weight excluding hydrogens is 500 g/mol. The van der Waals surface area contributed by atoms with Crippen LogP contribution in [0.3, 0.4) is 0 Å². The number of carboxylic acids is 1. The Hall–Kier alpha value is -4.75. The number of hydrogen-bond acceptors (Lipinski definition) is 8. The van der Waals surface area contributed by atoms with Crippen LogP contribution in [0.15, 0.2) is 30.3 Å². The normalized spacial score (nSPS) is 18.3. The summed E-state index contributed by atoms with van der Waals surface area (Å²) in [4.78, 5) is 79.0. The van der Waals surface area contributed by atoms with Crippen LogP contribution in [-0.4, -0.2) is 93.4 Å². The van der Waals surface area contributed by atoms with Crippen LogP contribution < -0.4 is 15.5 Å². The van der Waals surface area contributed by atoms with Crippen molar-refractivity contribution >= 4 is 46.9 Å². The quantitative estimate of drug-likeness (QED) is 0.402. The summed E-state index contributed by atoms with van der Waals surface area (Å²) in [5, 5.41) is 15.0. The van der Waals surface area contributed by atoms with E-state index < -0.39 is 48.2 Å². The number of nitrogens with zero attached hydrogens (tertiary/aromatic N) is 4. The van der Waals surface area contributed by atoms with E-state index in [1.807, 2.05) is 0 Å². The number of carbonyl (C=O) groups excluding carboxylic acids is 5. The molecular formula is C24H26N6O8. The zero-order chi connectivity index (χ0) is 27.4. The molecule has 3 N–H and O–H groups in total. The van der Waals surface area contributed by atoms with E-state index in [4.69, 9.17) is 9.84 Å². The van der Waals surface area contributed by atoms with Crippen LogP contribution in [0.25, 0.3) is 10.9 Å². The fourth-order valence-corrected chi connectivity index (χ4v) is 4.42. The zero-order valence-electron chi connectivity index (χ0n) is 20.5. The van der Waals surface area contributed by atoms with Crippen LogP contribution in [-0.2, 0) is 19.2 Å². The smallest absolute Gasteiger partial charge is 0.358 e. The van der Waals surface area contributed by atoms with E-state index in [0.717, 1.165) is 15.0 Å². The lowest BCUT2D eigenvalue weighted by Gasteiger charge is -2.42. The number of amides is 5. The molecule has 5 amide bonds. The van der Waals surface area contributed by atoms with Gasteiger partial charge in [0.2, 0.25) is 11.8 Å². The predicted molar refractivity (Wildman–Crippen MR) is 129 cm³/mol. The Balaban J connectivity index is 1.57. The second-order valence-corrected chi connectivity index (χ2v) is 8.72. The number of fused-ring (bicyclic) bond motifs is 2. The number of aliphatic carboxylic acids is 1. The maximum absolute atomic E-state index is 13.5. The number of urea groups is 1. The van der Waals surface area contributed by atoms with Gasteiger partial charge in [-0.2, -0.15) is 0 Å². The van der Waals surface area contributed by atoms with Crippen molar-refractivity contribution in [3.05, 3.63) is 36.0 Å². The van der Waals surface area contributed by atoms with Gasteiger partial charge in [-0.15, -0.1) is 0 Å². The van der Waals surface area contributed by atoms with E-state index in [1.54, 1.807) is 24.3 Å². The minimum absolute atomic E-state index is 0.0313. The molecule has 3 heterocycles. The molecule has 1 aromatic carbocycles. The number of rotatable bonds is 8. The van der Waals surface area contributed by atoms with Gasteiger partial charge in [0.05, 0.1) is 31.6 Å². The van der Waals surface area contributed by atoms with Gasteiger partial charge in [0.15, 0.2) is 0 Å². The van der Waals surface area contributed by atoms with Crippen LogP contribution in [0.5, 0.6) is 5.75 Å². The van der Waals surface area contributed by atoms with Crippen LogP contribution in [0.4, 0.5) is 4.79 Å². The van der Waals surface area contributed by atoms with E-state index in [2.05, 4.69) is 15.7 Å². The first kappa shape index (κ1) is 26.3. The van der Waals surface area contributed by atoms with E-state index in [-0.39, 0.29) is 31.6 Å². The van der Waals surface area contributed by atoms with Crippen LogP contribution in [0, 0.1) is 0 Å². The molecule has 0 radical (unpaired) electrons. The fraction of sp³-hybridized carbons (Fsp3) is 0.375. The van der Waals surface area contributed by atoms with Crippen LogP contribution >= 0.6 is 0 Å². The molecule has 14 heteroatoms. The van der Waals surface area contributed by atoms with Gasteiger partial charge in [-0.25, -0.2) is 24.8 Å². The molecule has 0 bridgehead atoms. The van der Waals surface area contributed by atoms with E-state index >= 15 is 0 Å². The molecule has 0 spiro atoms. The van der Waals surface area contributed by atoms with E-state index in [9.17, 15) is 28.8 Å². The third kappa shape index (κ3) is 5.33. The Bertz CT molecular complexity index is 1300. The van der Waals surface area contributed by atoms with Crippen molar-refractivity contribution in [3.63, 3.8) is 0 Å². The third-order valence-corrected chi connectivity index (χ3v) is 6.22. The lowest BCUT2D eigenvalue weighted by atomic mass is 10.1. The van der Waals surface area contributed by atoms with Crippen LogP contribution in [0.2, 0.25) is 0 Å². The summed E-state index contributed by atoms with van der Waals surface area (Å²) in [6, 6.07) is 5.13. The highest BCUT2D eigenvalue weighted by molar-refractivity contribution is 5.98. The summed E-state index contributed by atoms with van der Waals surface area (Å²) < 4.78 is 5.37. The lowest BCUT2D eigenvalue weighted by Crippen LogP contribution is -2.64. The second kappa shape index (κ2) is 11.1. The highest BCUT2D eigenvalue weighted by Gasteiger charge is 2.44. The van der Waals surface area contributed by atoms with E-state index in [0.29, 0.717) is 29.4 Å². The van der Waals surface area contributed by atoms with Crippen molar-refractivity contribution in [1.29, 1.82) is 0 Å². The first-order valence-electron chi connectivity index (χ1n) is 11.9. The number of nitrogens with one attached hydrogen (secondary N) is 2. The number of hydrazine groups is 2. The summed E-state index contributed by atoms with van der Waals surface area (Å²) in [6.07, 6.45) is 0.0836. The van der Waals surface area contributed by atoms with Crippen molar-refractivity contribution in [2.75, 3.05) is 20.2 Å². The standard InChI is InChI=1S/C24H26N6O8/c1-38-19-12-17(26-16-6-3-2-5-15(16)19)22(35)27-28-10-8-20(32)29-9-4-7-18(30(29)24(28)37)23(36)25-14(13-31)11-21(33)34/h2-3,5-6,12-14,18H,4,7-11H2,1H3,(H,25,36)(H,27,35)(H,33,34)/t14-,18-/m0/s1. The predicted octanol–water partition coefficient (Wildman–Crippen LogP) is 0.0803. The Morgan fingerprint density at radius 1 is 1.24 bits per heavy atom.